The quantitative estimate of drug-likeness (QED) is 0.537. The topological polar surface area (TPSA) is 29.5 Å². The average molecular weight is 412 g/mol. The fraction of sp³-hybridized carbons (Fsp3) is 0.321. The average Bonchev–Trinajstić information content (AvgIpc) is 3.25. The summed E-state index contributed by atoms with van der Waals surface area (Å²) in [5.41, 5.74) is 2.76. The minimum Gasteiger partial charge on any atom is -0.348 e. The van der Waals surface area contributed by atoms with E-state index in [0.29, 0.717) is 6.61 Å². The van der Waals surface area contributed by atoms with E-state index in [1.54, 1.807) is 0 Å². The van der Waals surface area contributed by atoms with Gasteiger partial charge in [0.15, 0.2) is 5.72 Å². The van der Waals surface area contributed by atoms with E-state index < -0.39 is 5.72 Å². The lowest BCUT2D eigenvalue weighted by atomic mass is 9.73. The van der Waals surface area contributed by atoms with Crippen molar-refractivity contribution >= 4 is 5.91 Å². The number of hydrogen-bond donors (Lipinski definition) is 0. The van der Waals surface area contributed by atoms with Gasteiger partial charge in [0.1, 0.15) is 0 Å². The Morgan fingerprint density at radius 1 is 0.903 bits per heavy atom. The molecule has 0 spiro atoms. The van der Waals surface area contributed by atoms with Crippen molar-refractivity contribution in [2.24, 2.45) is 11.8 Å². The molecule has 0 bridgehead atoms. The highest BCUT2D eigenvalue weighted by Gasteiger charge is 2.60. The maximum atomic E-state index is 14.1. The Kier molecular flexibility index (Phi) is 5.37. The first-order valence-corrected chi connectivity index (χ1v) is 11.4. The predicted molar refractivity (Wildman–Crippen MR) is 122 cm³/mol. The lowest BCUT2D eigenvalue weighted by Crippen LogP contribution is -2.58. The molecule has 2 fully saturated rings. The molecule has 4 atom stereocenters. The van der Waals surface area contributed by atoms with E-state index in [0.717, 1.165) is 30.4 Å². The van der Waals surface area contributed by atoms with Gasteiger partial charge in [0.05, 0.1) is 12.6 Å². The number of carbonyl (C=O) groups excluding carboxylic acids is 1. The third-order valence-electron chi connectivity index (χ3n) is 7.03. The van der Waals surface area contributed by atoms with Crippen LogP contribution in [0.1, 0.15) is 42.5 Å². The van der Waals surface area contributed by atoms with Crippen LogP contribution in [0.25, 0.3) is 0 Å². The first-order valence-electron chi connectivity index (χ1n) is 11.4. The zero-order valence-electron chi connectivity index (χ0n) is 18.0. The highest BCUT2D eigenvalue weighted by Crippen LogP contribution is 2.54. The van der Waals surface area contributed by atoms with Crippen LogP contribution in [0.5, 0.6) is 0 Å². The summed E-state index contributed by atoms with van der Waals surface area (Å²) in [5, 5.41) is 0. The van der Waals surface area contributed by atoms with Crippen LogP contribution in [0.2, 0.25) is 0 Å². The first-order chi connectivity index (χ1) is 15.2. The monoisotopic (exact) mass is 411 g/mol. The Hall–Kier alpha value is -2.91. The molecule has 3 aromatic rings. The lowest BCUT2D eigenvalue weighted by Gasteiger charge is -2.50. The van der Waals surface area contributed by atoms with E-state index in [1.807, 2.05) is 30.3 Å². The Bertz CT molecular complexity index is 1020. The van der Waals surface area contributed by atoms with Crippen molar-refractivity contribution in [3.8, 4) is 0 Å². The molecular formula is C28H29NO2. The molecule has 0 saturated carbocycles. The highest BCUT2D eigenvalue weighted by molar-refractivity contribution is 5.82. The molecular weight excluding hydrogens is 382 g/mol. The molecule has 3 aromatic carbocycles. The standard InChI is InChI=1S/C28H29NO2/c1-2-24-19-23(18-21-12-6-3-7-13-21)27(30)29-26(22-14-8-4-9-15-22)20-31-28(24,29)25-16-10-5-11-17-25/h3-17,23-24,26H,2,18-20H2,1H3/t23-,24-,26-,28+/m0/s1. The van der Waals surface area contributed by atoms with Gasteiger partial charge in [-0.25, -0.2) is 0 Å². The Morgan fingerprint density at radius 3 is 2.16 bits per heavy atom. The third kappa shape index (κ3) is 3.37. The number of rotatable bonds is 5. The number of hydrogen-bond acceptors (Lipinski definition) is 2. The van der Waals surface area contributed by atoms with E-state index in [-0.39, 0.29) is 23.8 Å². The molecule has 0 aliphatic carbocycles. The summed E-state index contributed by atoms with van der Waals surface area (Å²) >= 11 is 0. The van der Waals surface area contributed by atoms with Crippen molar-refractivity contribution in [3.05, 3.63) is 108 Å². The van der Waals surface area contributed by atoms with Crippen LogP contribution in [0.4, 0.5) is 0 Å². The zero-order valence-corrected chi connectivity index (χ0v) is 18.0. The van der Waals surface area contributed by atoms with Crippen LogP contribution in [0.15, 0.2) is 91.0 Å². The molecule has 158 valence electrons. The van der Waals surface area contributed by atoms with Crippen molar-refractivity contribution in [3.63, 3.8) is 0 Å². The second-order valence-electron chi connectivity index (χ2n) is 8.74. The number of amides is 1. The fourth-order valence-corrected chi connectivity index (χ4v) is 5.58. The van der Waals surface area contributed by atoms with Crippen LogP contribution >= 0.6 is 0 Å². The van der Waals surface area contributed by atoms with E-state index in [1.165, 1.54) is 5.56 Å². The smallest absolute Gasteiger partial charge is 0.229 e. The van der Waals surface area contributed by atoms with Gasteiger partial charge in [-0.05, 0) is 30.4 Å². The van der Waals surface area contributed by atoms with Crippen molar-refractivity contribution < 1.29 is 9.53 Å². The van der Waals surface area contributed by atoms with Crippen LogP contribution in [0.3, 0.4) is 0 Å². The molecule has 2 saturated heterocycles. The van der Waals surface area contributed by atoms with Gasteiger partial charge in [0, 0.05) is 17.4 Å². The third-order valence-corrected chi connectivity index (χ3v) is 7.03. The van der Waals surface area contributed by atoms with Gasteiger partial charge in [0.2, 0.25) is 5.91 Å². The Balaban J connectivity index is 1.60. The first kappa shape index (κ1) is 20.0. The summed E-state index contributed by atoms with van der Waals surface area (Å²) in [5.74, 6) is 0.427. The summed E-state index contributed by atoms with van der Waals surface area (Å²) in [4.78, 5) is 16.2. The second kappa shape index (κ2) is 8.32. The minimum absolute atomic E-state index is 0.0305. The largest absolute Gasteiger partial charge is 0.348 e. The summed E-state index contributed by atoms with van der Waals surface area (Å²) in [6, 6.07) is 31.0. The van der Waals surface area contributed by atoms with Crippen LogP contribution in [-0.4, -0.2) is 17.4 Å². The van der Waals surface area contributed by atoms with Crippen molar-refractivity contribution in [1.29, 1.82) is 0 Å². The summed E-state index contributed by atoms with van der Waals surface area (Å²) < 4.78 is 6.68. The summed E-state index contributed by atoms with van der Waals surface area (Å²) in [6.07, 6.45) is 2.58. The van der Waals surface area contributed by atoms with Gasteiger partial charge in [0.25, 0.3) is 0 Å². The molecule has 1 amide bonds. The molecule has 0 radical (unpaired) electrons. The van der Waals surface area contributed by atoms with Gasteiger partial charge in [-0.1, -0.05) is 97.9 Å². The number of piperidine rings is 1. The Morgan fingerprint density at radius 2 is 1.52 bits per heavy atom. The molecule has 31 heavy (non-hydrogen) atoms. The maximum absolute atomic E-state index is 14.1. The van der Waals surface area contributed by atoms with E-state index in [9.17, 15) is 4.79 Å². The van der Waals surface area contributed by atoms with Gasteiger partial charge >= 0.3 is 0 Å². The minimum atomic E-state index is -0.694. The molecule has 0 unspecified atom stereocenters. The maximum Gasteiger partial charge on any atom is 0.229 e. The van der Waals surface area contributed by atoms with Crippen LogP contribution in [0, 0.1) is 11.8 Å². The molecule has 0 aromatic heterocycles. The van der Waals surface area contributed by atoms with E-state index >= 15 is 0 Å². The van der Waals surface area contributed by atoms with Crippen molar-refractivity contribution in [2.45, 2.75) is 38.0 Å². The number of ether oxygens (including phenoxy) is 1. The highest BCUT2D eigenvalue weighted by atomic mass is 16.5. The predicted octanol–water partition coefficient (Wildman–Crippen LogP) is 5.73. The van der Waals surface area contributed by atoms with E-state index in [2.05, 4.69) is 72.5 Å². The van der Waals surface area contributed by atoms with Crippen molar-refractivity contribution in [1.82, 2.24) is 4.90 Å². The fourth-order valence-electron chi connectivity index (χ4n) is 5.58. The SMILES string of the molecule is CC[C@H]1C[C@H](Cc2ccccc2)C(=O)N2[C@H](c3ccccc3)CO[C@@]12c1ccccc1. The zero-order chi connectivity index (χ0) is 21.3. The number of fused-ring (bicyclic) bond motifs is 1. The lowest BCUT2D eigenvalue weighted by molar-refractivity contribution is -0.189. The molecule has 0 N–H and O–H groups in total. The summed E-state index contributed by atoms with van der Waals surface area (Å²) in [7, 11) is 0. The molecule has 2 aliphatic rings. The normalized spacial score (nSPS) is 27.8. The molecule has 3 heteroatoms. The van der Waals surface area contributed by atoms with Gasteiger partial charge in [-0.2, -0.15) is 0 Å². The Labute approximate surface area is 184 Å². The van der Waals surface area contributed by atoms with Crippen LogP contribution in [-0.2, 0) is 21.7 Å². The molecule has 2 heterocycles. The number of nitrogens with zero attached hydrogens (tertiary/aromatic N) is 1. The van der Waals surface area contributed by atoms with Crippen molar-refractivity contribution in [2.75, 3.05) is 6.61 Å². The summed E-state index contributed by atoms with van der Waals surface area (Å²) in [6.45, 7) is 2.75. The van der Waals surface area contributed by atoms with Gasteiger partial charge < -0.3 is 9.64 Å². The molecule has 3 nitrogen and oxygen atoms in total. The van der Waals surface area contributed by atoms with Gasteiger partial charge in [-0.15, -0.1) is 0 Å². The molecule has 5 rings (SSSR count). The number of benzene rings is 3. The number of carbonyl (C=O) groups is 1. The van der Waals surface area contributed by atoms with E-state index in [4.69, 9.17) is 4.74 Å². The van der Waals surface area contributed by atoms with Crippen LogP contribution < -0.4 is 0 Å². The second-order valence-corrected chi connectivity index (χ2v) is 8.74. The van der Waals surface area contributed by atoms with Gasteiger partial charge in [-0.3, -0.25) is 4.79 Å². The molecule has 2 aliphatic heterocycles.